The van der Waals surface area contributed by atoms with E-state index in [4.69, 9.17) is 5.73 Å². The van der Waals surface area contributed by atoms with Crippen molar-refractivity contribution in [2.24, 2.45) is 5.73 Å². The Morgan fingerprint density at radius 1 is 1.67 bits per heavy atom. The zero-order valence-electron chi connectivity index (χ0n) is 9.89. The van der Waals surface area contributed by atoms with Crippen molar-refractivity contribution in [3.05, 3.63) is 16.6 Å². The fraction of sp³-hybridized carbons (Fsp3) is 0.545. The van der Waals surface area contributed by atoms with Crippen LogP contribution < -0.4 is 16.4 Å². The van der Waals surface area contributed by atoms with Gasteiger partial charge in [-0.2, -0.15) is 0 Å². The third-order valence-electron chi connectivity index (χ3n) is 2.87. The Morgan fingerprint density at radius 3 is 3.11 bits per heavy atom. The maximum absolute atomic E-state index is 11.7. The number of amides is 2. The highest BCUT2D eigenvalue weighted by atomic mass is 32.1. The summed E-state index contributed by atoms with van der Waals surface area (Å²) in [5.41, 5.74) is 8.20. The first-order chi connectivity index (χ1) is 8.66. The number of hydrogen-bond acceptors (Lipinski definition) is 6. The first-order valence-corrected chi connectivity index (χ1v) is 6.82. The number of hydrogen-bond donors (Lipinski definition) is 3. The lowest BCUT2D eigenvalue weighted by molar-refractivity contribution is -0.132. The topological polar surface area (TPSA) is 97.1 Å². The van der Waals surface area contributed by atoms with E-state index in [0.29, 0.717) is 6.42 Å². The van der Waals surface area contributed by atoms with Crippen LogP contribution in [0.1, 0.15) is 18.5 Å². The molecule has 0 radical (unpaired) electrons. The molecule has 1 aromatic rings. The second-order valence-electron chi connectivity index (χ2n) is 4.29. The molecule has 6 nitrogen and oxygen atoms in total. The van der Waals surface area contributed by atoms with E-state index in [1.807, 2.05) is 5.38 Å². The van der Waals surface area contributed by atoms with Crippen LogP contribution in [0.4, 0.5) is 0 Å². The minimum Gasteiger partial charge on any atom is -0.320 e. The molecular weight excluding hydrogens is 252 g/mol. The lowest BCUT2D eigenvalue weighted by Gasteiger charge is -2.13. The van der Waals surface area contributed by atoms with Gasteiger partial charge in [-0.3, -0.25) is 14.9 Å². The minimum absolute atomic E-state index is 0.263. The monoisotopic (exact) mass is 268 g/mol. The Kier molecular flexibility index (Phi) is 4.40. The van der Waals surface area contributed by atoms with Crippen molar-refractivity contribution in [3.8, 4) is 0 Å². The average molecular weight is 268 g/mol. The van der Waals surface area contributed by atoms with Crippen molar-refractivity contribution in [2.45, 2.75) is 31.3 Å². The lowest BCUT2D eigenvalue weighted by atomic mass is 10.1. The van der Waals surface area contributed by atoms with Gasteiger partial charge in [-0.05, 0) is 19.4 Å². The average Bonchev–Trinajstić information content (AvgIpc) is 3.01. The van der Waals surface area contributed by atoms with Gasteiger partial charge in [0.25, 0.3) is 0 Å². The smallest absolute Gasteiger partial charge is 0.243 e. The molecule has 7 heteroatoms. The molecule has 0 saturated carbocycles. The summed E-state index contributed by atoms with van der Waals surface area (Å²) < 4.78 is 0. The second-order valence-corrected chi connectivity index (χ2v) is 5.01. The van der Waals surface area contributed by atoms with E-state index < -0.39 is 11.9 Å². The standard InChI is InChI=1S/C11H16N4O2S/c12-8(4-7-5-18-6-14-7)10(16)15-11(17)9-2-1-3-13-9/h5-6,8-9,13H,1-4,12H2,(H,15,16,17)/t8-,9-/m0/s1. The van der Waals surface area contributed by atoms with Crippen molar-refractivity contribution in [3.63, 3.8) is 0 Å². The summed E-state index contributed by atoms with van der Waals surface area (Å²) in [5.74, 6) is -0.729. The maximum atomic E-state index is 11.7. The molecule has 2 amide bonds. The fourth-order valence-corrected chi connectivity index (χ4v) is 2.44. The van der Waals surface area contributed by atoms with Gasteiger partial charge in [-0.25, -0.2) is 4.98 Å². The number of nitrogens with zero attached hydrogens (tertiary/aromatic N) is 1. The van der Waals surface area contributed by atoms with Crippen molar-refractivity contribution in [1.82, 2.24) is 15.6 Å². The third-order valence-corrected chi connectivity index (χ3v) is 3.51. The summed E-state index contributed by atoms with van der Waals surface area (Å²) in [5, 5.41) is 7.22. The highest BCUT2D eigenvalue weighted by Gasteiger charge is 2.25. The van der Waals surface area contributed by atoms with Gasteiger partial charge in [0.2, 0.25) is 11.8 Å². The van der Waals surface area contributed by atoms with Crippen molar-refractivity contribution in [2.75, 3.05) is 6.54 Å². The number of rotatable bonds is 4. The van der Waals surface area contributed by atoms with Gasteiger partial charge < -0.3 is 11.1 Å². The lowest BCUT2D eigenvalue weighted by Crippen LogP contribution is -2.49. The fourth-order valence-electron chi connectivity index (χ4n) is 1.87. The number of nitrogens with one attached hydrogen (secondary N) is 2. The molecule has 0 spiro atoms. The molecule has 1 saturated heterocycles. The number of thiazole rings is 1. The Hall–Kier alpha value is -1.31. The van der Waals surface area contributed by atoms with E-state index in [1.165, 1.54) is 11.3 Å². The summed E-state index contributed by atoms with van der Waals surface area (Å²) in [6.45, 7) is 0.817. The van der Waals surface area contributed by atoms with E-state index in [9.17, 15) is 9.59 Å². The van der Waals surface area contributed by atoms with Gasteiger partial charge in [0.1, 0.15) is 0 Å². The first kappa shape index (κ1) is 13.1. The predicted octanol–water partition coefficient (Wildman–Crippen LogP) is -0.592. The maximum Gasteiger partial charge on any atom is 0.243 e. The largest absolute Gasteiger partial charge is 0.320 e. The van der Waals surface area contributed by atoms with E-state index in [1.54, 1.807) is 5.51 Å². The number of nitrogens with two attached hydrogens (primary N) is 1. The van der Waals surface area contributed by atoms with Crippen LogP contribution in [-0.4, -0.2) is 35.4 Å². The number of aromatic nitrogens is 1. The minimum atomic E-state index is -0.738. The summed E-state index contributed by atoms with van der Waals surface area (Å²) in [7, 11) is 0. The first-order valence-electron chi connectivity index (χ1n) is 5.87. The van der Waals surface area contributed by atoms with E-state index in [-0.39, 0.29) is 11.9 Å². The molecule has 1 aliphatic heterocycles. The molecular formula is C11H16N4O2S. The molecule has 18 heavy (non-hydrogen) atoms. The van der Waals surface area contributed by atoms with Crippen LogP contribution in [0.15, 0.2) is 10.9 Å². The molecule has 98 valence electrons. The van der Waals surface area contributed by atoms with Crippen molar-refractivity contribution in [1.29, 1.82) is 0 Å². The molecule has 0 aliphatic carbocycles. The SMILES string of the molecule is N[C@@H](Cc1cscn1)C(=O)NC(=O)[C@@H]1CCCN1. The van der Waals surface area contributed by atoms with Crippen LogP contribution in [0.25, 0.3) is 0 Å². The van der Waals surface area contributed by atoms with Gasteiger partial charge in [0, 0.05) is 11.8 Å². The van der Waals surface area contributed by atoms with Crippen LogP contribution in [-0.2, 0) is 16.0 Å². The zero-order valence-corrected chi connectivity index (χ0v) is 10.7. The Bertz CT molecular complexity index is 415. The molecule has 4 N–H and O–H groups in total. The van der Waals surface area contributed by atoms with Gasteiger partial charge in [-0.15, -0.1) is 11.3 Å². The molecule has 1 aromatic heterocycles. The second kappa shape index (κ2) is 6.03. The summed E-state index contributed by atoms with van der Waals surface area (Å²) in [6.07, 6.45) is 2.07. The molecule has 2 heterocycles. The van der Waals surface area contributed by atoms with Crippen LogP contribution in [0.2, 0.25) is 0 Å². The summed E-state index contributed by atoms with van der Waals surface area (Å²) >= 11 is 1.45. The summed E-state index contributed by atoms with van der Waals surface area (Å²) in [6, 6.07) is -1.00. The quantitative estimate of drug-likeness (QED) is 0.678. The number of carbonyl (C=O) groups excluding carboxylic acids is 2. The highest BCUT2D eigenvalue weighted by Crippen LogP contribution is 2.06. The van der Waals surface area contributed by atoms with Gasteiger partial charge in [0.15, 0.2) is 0 Å². The van der Waals surface area contributed by atoms with Gasteiger partial charge >= 0.3 is 0 Å². The molecule has 0 bridgehead atoms. The van der Waals surface area contributed by atoms with Crippen LogP contribution in [0.5, 0.6) is 0 Å². The Morgan fingerprint density at radius 2 is 2.50 bits per heavy atom. The Balaban J connectivity index is 1.81. The normalized spacial score (nSPS) is 20.6. The third kappa shape index (κ3) is 3.34. The van der Waals surface area contributed by atoms with E-state index in [2.05, 4.69) is 15.6 Å². The van der Waals surface area contributed by atoms with Gasteiger partial charge in [-0.1, -0.05) is 0 Å². The molecule has 0 unspecified atom stereocenters. The summed E-state index contributed by atoms with van der Waals surface area (Å²) in [4.78, 5) is 27.5. The van der Waals surface area contributed by atoms with E-state index >= 15 is 0 Å². The van der Waals surface area contributed by atoms with Crippen LogP contribution in [0.3, 0.4) is 0 Å². The Labute approximate surface area is 109 Å². The molecule has 0 aromatic carbocycles. The highest BCUT2D eigenvalue weighted by molar-refractivity contribution is 7.07. The van der Waals surface area contributed by atoms with Gasteiger partial charge in [0.05, 0.1) is 23.3 Å². The predicted molar refractivity (Wildman–Crippen MR) is 68.0 cm³/mol. The molecule has 2 atom stereocenters. The number of imide groups is 1. The number of carbonyl (C=O) groups is 2. The van der Waals surface area contributed by atoms with Crippen molar-refractivity contribution >= 4 is 23.2 Å². The van der Waals surface area contributed by atoms with Crippen LogP contribution >= 0.6 is 11.3 Å². The van der Waals surface area contributed by atoms with Crippen LogP contribution in [0, 0.1) is 0 Å². The van der Waals surface area contributed by atoms with Crippen molar-refractivity contribution < 1.29 is 9.59 Å². The molecule has 1 aliphatic rings. The molecule has 2 rings (SSSR count). The molecule has 1 fully saturated rings. The van der Waals surface area contributed by atoms with E-state index in [0.717, 1.165) is 25.1 Å². The zero-order chi connectivity index (χ0) is 13.0.